The first-order valence-electron chi connectivity index (χ1n) is 13.3. The van der Waals surface area contributed by atoms with Gasteiger partial charge in [-0.2, -0.15) is 0 Å². The van der Waals surface area contributed by atoms with Crippen LogP contribution in [0.4, 0.5) is 0 Å². The van der Waals surface area contributed by atoms with Crippen molar-refractivity contribution in [2.24, 2.45) is 23.5 Å². The third-order valence-electron chi connectivity index (χ3n) is 7.33. The fraction of sp³-hybridized carbons (Fsp3) is 0.500. The van der Waals surface area contributed by atoms with E-state index in [-0.39, 0.29) is 43.0 Å². The number of carbonyl (C=O) groups excluding carboxylic acids is 3. The molecule has 0 aromatic heterocycles. The zero-order chi connectivity index (χ0) is 28.5. The topological polar surface area (TPSA) is 123 Å². The summed E-state index contributed by atoms with van der Waals surface area (Å²) in [5.41, 5.74) is 7.21. The highest BCUT2D eigenvalue weighted by Gasteiger charge is 2.41. The van der Waals surface area contributed by atoms with Crippen LogP contribution in [-0.4, -0.2) is 61.8 Å². The maximum absolute atomic E-state index is 12.9. The minimum Gasteiger partial charge on any atom is -0.463 e. The smallest absolute Gasteiger partial charge is 0.338 e. The quantitative estimate of drug-likeness (QED) is 0.332. The fourth-order valence-electron chi connectivity index (χ4n) is 4.54. The lowest BCUT2D eigenvalue weighted by Crippen LogP contribution is -2.52. The first-order valence-corrected chi connectivity index (χ1v) is 13.3. The van der Waals surface area contributed by atoms with E-state index in [1.807, 2.05) is 6.92 Å². The third-order valence-corrected chi connectivity index (χ3v) is 7.33. The molecule has 1 heterocycles. The van der Waals surface area contributed by atoms with Gasteiger partial charge in [0.25, 0.3) is 0 Å². The van der Waals surface area contributed by atoms with E-state index in [0.29, 0.717) is 11.1 Å². The molecule has 2 aromatic carbocycles. The van der Waals surface area contributed by atoms with Crippen LogP contribution >= 0.6 is 0 Å². The Kier molecular flexibility index (Phi) is 11.0. The van der Waals surface area contributed by atoms with E-state index in [2.05, 4.69) is 13.8 Å². The number of hydrogen-bond donors (Lipinski definition) is 1. The average Bonchev–Trinajstić information content (AvgIpc) is 2.94. The second-order valence-corrected chi connectivity index (χ2v) is 10.1. The SMILES string of the molecule is CC(=O)OCC1OC(OC[C@H](N)[C@H](OC(=O)c2ccccc2)[C@@H](C)OC(=O)c2ccccc2)C(C)C(C)C1C. The van der Waals surface area contributed by atoms with Gasteiger partial charge >= 0.3 is 17.9 Å². The summed E-state index contributed by atoms with van der Waals surface area (Å²) >= 11 is 0. The molecule has 0 amide bonds. The zero-order valence-corrected chi connectivity index (χ0v) is 23.1. The summed E-state index contributed by atoms with van der Waals surface area (Å²) in [4.78, 5) is 36.9. The Hall–Kier alpha value is -3.27. The van der Waals surface area contributed by atoms with Crippen molar-refractivity contribution in [3.8, 4) is 0 Å². The summed E-state index contributed by atoms with van der Waals surface area (Å²) in [7, 11) is 0. The summed E-state index contributed by atoms with van der Waals surface area (Å²) < 4.78 is 28.8. The van der Waals surface area contributed by atoms with E-state index in [1.54, 1.807) is 67.6 Å². The van der Waals surface area contributed by atoms with Gasteiger partial charge < -0.3 is 29.4 Å². The van der Waals surface area contributed by atoms with Crippen molar-refractivity contribution in [1.29, 1.82) is 0 Å². The second-order valence-electron chi connectivity index (χ2n) is 10.1. The van der Waals surface area contributed by atoms with Crippen LogP contribution in [-0.2, 0) is 28.5 Å². The largest absolute Gasteiger partial charge is 0.463 e. The first kappa shape index (κ1) is 30.3. The van der Waals surface area contributed by atoms with Crippen molar-refractivity contribution >= 4 is 17.9 Å². The van der Waals surface area contributed by atoms with Crippen molar-refractivity contribution < 1.29 is 38.1 Å². The van der Waals surface area contributed by atoms with Gasteiger partial charge in [-0.1, -0.05) is 57.2 Å². The maximum Gasteiger partial charge on any atom is 0.338 e. The van der Waals surface area contributed by atoms with Gasteiger partial charge in [0, 0.05) is 12.8 Å². The molecule has 2 N–H and O–H groups in total. The molecular weight excluding hydrogens is 502 g/mol. The summed E-state index contributed by atoms with van der Waals surface area (Å²) in [6.07, 6.45) is -2.82. The lowest BCUT2D eigenvalue weighted by atomic mass is 9.79. The standard InChI is InChI=1S/C30H39NO8/c1-18-19(2)26(17-35-22(5)32)38-30(20(18)3)36-16-25(31)27(39-29(34)24-14-10-7-11-15-24)21(4)37-28(33)23-12-8-6-9-13-23/h6-15,18-21,25-27,30H,16-17,31H2,1-5H3/t18?,19?,20?,21-,25+,26?,27-,30?/m1/s1. The Morgan fingerprint density at radius 2 is 1.38 bits per heavy atom. The number of nitrogens with two attached hydrogens (primary N) is 1. The second kappa shape index (κ2) is 14.2. The molecule has 1 aliphatic heterocycles. The molecule has 1 saturated heterocycles. The molecule has 212 valence electrons. The van der Waals surface area contributed by atoms with Crippen LogP contribution in [0.5, 0.6) is 0 Å². The normalized spacial score (nSPS) is 25.1. The van der Waals surface area contributed by atoms with Crippen molar-refractivity contribution in [3.05, 3.63) is 71.8 Å². The van der Waals surface area contributed by atoms with E-state index in [9.17, 15) is 14.4 Å². The number of hydrogen-bond acceptors (Lipinski definition) is 9. The van der Waals surface area contributed by atoms with Crippen molar-refractivity contribution in [2.75, 3.05) is 13.2 Å². The van der Waals surface area contributed by atoms with Crippen molar-refractivity contribution in [1.82, 2.24) is 0 Å². The molecule has 0 saturated carbocycles. The molecule has 1 fully saturated rings. The van der Waals surface area contributed by atoms with Crippen LogP contribution in [0.3, 0.4) is 0 Å². The Labute approximate surface area is 229 Å². The molecule has 5 unspecified atom stereocenters. The zero-order valence-electron chi connectivity index (χ0n) is 23.1. The summed E-state index contributed by atoms with van der Waals surface area (Å²) in [5, 5.41) is 0. The minimum atomic E-state index is -1.00. The van der Waals surface area contributed by atoms with E-state index in [1.165, 1.54) is 6.92 Å². The highest BCUT2D eigenvalue weighted by atomic mass is 16.7. The van der Waals surface area contributed by atoms with Crippen LogP contribution in [0.15, 0.2) is 60.7 Å². The van der Waals surface area contributed by atoms with Gasteiger partial charge in [-0.15, -0.1) is 0 Å². The average molecular weight is 542 g/mol. The molecule has 0 spiro atoms. The molecule has 2 aromatic rings. The first-order chi connectivity index (χ1) is 18.6. The summed E-state index contributed by atoms with van der Waals surface area (Å²) in [6.45, 7) is 9.26. The van der Waals surface area contributed by atoms with Crippen LogP contribution < -0.4 is 5.73 Å². The Bertz CT molecular complexity index is 1080. The molecule has 3 rings (SSSR count). The monoisotopic (exact) mass is 541 g/mol. The number of benzene rings is 2. The molecule has 0 bridgehead atoms. The van der Waals surface area contributed by atoms with Gasteiger partial charge in [-0.05, 0) is 43.0 Å². The predicted octanol–water partition coefficient (Wildman–Crippen LogP) is 4.00. The predicted molar refractivity (Wildman–Crippen MR) is 144 cm³/mol. The van der Waals surface area contributed by atoms with E-state index in [4.69, 9.17) is 29.4 Å². The van der Waals surface area contributed by atoms with Crippen LogP contribution in [0, 0.1) is 17.8 Å². The van der Waals surface area contributed by atoms with Gasteiger partial charge in [0.1, 0.15) is 12.7 Å². The van der Waals surface area contributed by atoms with Gasteiger partial charge in [-0.3, -0.25) is 4.79 Å². The molecule has 1 aliphatic rings. The van der Waals surface area contributed by atoms with Gasteiger partial charge in [0.15, 0.2) is 12.4 Å². The molecule has 0 aliphatic carbocycles. The molecule has 9 heteroatoms. The van der Waals surface area contributed by atoms with Crippen LogP contribution in [0.1, 0.15) is 55.3 Å². The Morgan fingerprint density at radius 1 is 0.846 bits per heavy atom. The molecule has 9 nitrogen and oxygen atoms in total. The van der Waals surface area contributed by atoms with Crippen molar-refractivity contribution in [2.45, 2.75) is 65.3 Å². The maximum atomic E-state index is 12.9. The molecule has 39 heavy (non-hydrogen) atoms. The van der Waals surface area contributed by atoms with Gasteiger partial charge in [0.05, 0.1) is 29.9 Å². The minimum absolute atomic E-state index is 0.0272. The molecule has 0 radical (unpaired) electrons. The third kappa shape index (κ3) is 8.36. The van der Waals surface area contributed by atoms with Gasteiger partial charge in [0.2, 0.25) is 0 Å². The number of carbonyl (C=O) groups is 3. The van der Waals surface area contributed by atoms with E-state index in [0.717, 1.165) is 0 Å². The number of rotatable bonds is 11. The molecule has 8 atom stereocenters. The highest BCUT2D eigenvalue weighted by Crippen LogP contribution is 2.35. The van der Waals surface area contributed by atoms with Crippen LogP contribution in [0.2, 0.25) is 0 Å². The highest BCUT2D eigenvalue weighted by molar-refractivity contribution is 5.90. The lowest BCUT2D eigenvalue weighted by molar-refractivity contribution is -0.258. The van der Waals surface area contributed by atoms with E-state index < -0.39 is 36.5 Å². The van der Waals surface area contributed by atoms with Gasteiger partial charge in [-0.25, -0.2) is 9.59 Å². The lowest BCUT2D eigenvalue weighted by Gasteiger charge is -2.43. The van der Waals surface area contributed by atoms with Crippen LogP contribution in [0.25, 0.3) is 0 Å². The fourth-order valence-corrected chi connectivity index (χ4v) is 4.54. The number of esters is 3. The van der Waals surface area contributed by atoms with E-state index >= 15 is 0 Å². The summed E-state index contributed by atoms with van der Waals surface area (Å²) in [6, 6.07) is 16.2. The Morgan fingerprint density at radius 3 is 1.92 bits per heavy atom. The molecular formula is C30H39NO8. The number of ether oxygens (including phenoxy) is 5. The van der Waals surface area contributed by atoms with Crippen molar-refractivity contribution in [3.63, 3.8) is 0 Å². The summed E-state index contributed by atoms with van der Waals surface area (Å²) in [5.74, 6) is -1.14. The Balaban J connectivity index is 1.71.